The van der Waals surface area contributed by atoms with Crippen LogP contribution in [0.2, 0.25) is 0 Å². The normalized spacial score (nSPS) is 15.7. The highest BCUT2D eigenvalue weighted by molar-refractivity contribution is 14.2. The Labute approximate surface area is 171 Å². The zero-order valence-corrected chi connectivity index (χ0v) is 18.4. The molecule has 11 heteroatoms. The maximum absolute atomic E-state index is 12.2. The van der Waals surface area contributed by atoms with Crippen LogP contribution in [-0.2, 0) is 4.74 Å². The molecule has 0 saturated carbocycles. The van der Waals surface area contributed by atoms with E-state index in [0.717, 1.165) is 11.1 Å². The van der Waals surface area contributed by atoms with E-state index >= 15 is 0 Å². The van der Waals surface area contributed by atoms with Crippen LogP contribution in [0.3, 0.4) is 0 Å². The lowest BCUT2D eigenvalue weighted by molar-refractivity contribution is 0.0240. The lowest BCUT2D eigenvalue weighted by Gasteiger charge is -2.36. The molecule has 1 unspecified atom stereocenters. The van der Waals surface area contributed by atoms with Crippen molar-refractivity contribution >= 4 is 57.1 Å². The van der Waals surface area contributed by atoms with Crippen LogP contribution in [0.1, 0.15) is 31.3 Å². The van der Waals surface area contributed by atoms with Gasteiger partial charge >= 0.3 is 12.1 Å². The first-order valence-electron chi connectivity index (χ1n) is 8.41. The molecule has 0 radical (unpaired) electrons. The van der Waals surface area contributed by atoms with Gasteiger partial charge in [0.25, 0.3) is 0 Å². The molecule has 0 aliphatic carbocycles. The summed E-state index contributed by atoms with van der Waals surface area (Å²) in [5.41, 5.74) is 0.844. The molecule has 2 aromatic heterocycles. The van der Waals surface area contributed by atoms with Crippen LogP contribution in [0.25, 0.3) is 10.9 Å². The van der Waals surface area contributed by atoms with E-state index in [1.165, 1.54) is 0 Å². The Hall–Kier alpha value is -1.68. The third kappa shape index (κ3) is 4.26. The summed E-state index contributed by atoms with van der Waals surface area (Å²) in [7, 11) is 0. The number of amides is 1. The fourth-order valence-corrected chi connectivity index (χ4v) is 4.46. The van der Waals surface area contributed by atoms with Crippen molar-refractivity contribution in [2.24, 2.45) is 0 Å². The zero-order valence-electron chi connectivity index (χ0n) is 15.3. The van der Waals surface area contributed by atoms with Crippen molar-refractivity contribution in [1.82, 2.24) is 19.4 Å². The Balaban J connectivity index is 1.82. The summed E-state index contributed by atoms with van der Waals surface area (Å²) in [6.07, 6.45) is 3.23. The summed E-state index contributed by atoms with van der Waals surface area (Å²) < 4.78 is 7.09. The number of aromatic carboxylic acids is 1. The number of halogens is 1. The van der Waals surface area contributed by atoms with Crippen LogP contribution in [0.4, 0.5) is 10.5 Å². The molecule has 1 N–H and O–H groups in total. The molecule has 1 aliphatic rings. The molecular formula is C16H21IN5O4P. The average Bonchev–Trinajstić information content (AvgIpc) is 3.03. The van der Waals surface area contributed by atoms with Gasteiger partial charge in [0.1, 0.15) is 11.1 Å². The number of aromatic nitrogens is 3. The van der Waals surface area contributed by atoms with Crippen LogP contribution in [-0.4, -0.2) is 68.4 Å². The molecule has 1 saturated heterocycles. The zero-order chi connectivity index (χ0) is 19.8. The second kappa shape index (κ2) is 7.75. The van der Waals surface area contributed by atoms with E-state index in [1.54, 1.807) is 21.7 Å². The Morgan fingerprint density at radius 1 is 1.22 bits per heavy atom. The van der Waals surface area contributed by atoms with Crippen molar-refractivity contribution in [2.45, 2.75) is 26.4 Å². The number of carboxylic acid groups (broad SMARTS) is 1. The monoisotopic (exact) mass is 505 g/mol. The summed E-state index contributed by atoms with van der Waals surface area (Å²) in [6.45, 7) is 7.82. The molecule has 3 rings (SSSR count). The van der Waals surface area contributed by atoms with Crippen molar-refractivity contribution in [2.75, 3.05) is 31.1 Å². The molecule has 3 heterocycles. The minimum atomic E-state index is -1.07. The quantitative estimate of drug-likeness (QED) is 0.506. The Morgan fingerprint density at radius 3 is 2.44 bits per heavy atom. The molecule has 1 fully saturated rings. The smallest absolute Gasteiger partial charge is 0.410 e. The van der Waals surface area contributed by atoms with Gasteiger partial charge in [0.2, 0.25) is 0 Å². The first-order valence-corrected chi connectivity index (χ1v) is 12.5. The summed E-state index contributed by atoms with van der Waals surface area (Å²) in [5, 5.41) is 14.5. The number of piperazine rings is 1. The topological polar surface area (TPSA) is 101 Å². The number of carbonyl (C=O) groups excluding carboxylic acids is 1. The van der Waals surface area contributed by atoms with Crippen LogP contribution < -0.4 is 4.90 Å². The van der Waals surface area contributed by atoms with Crippen molar-refractivity contribution in [3.8, 4) is 0 Å². The SMILES string of the molecule is CC(C)(C)OC(=O)N1CCN(c2cnc(C(=O)O)c3c2cnn3PI)CC1. The van der Waals surface area contributed by atoms with Crippen LogP contribution >= 0.6 is 28.4 Å². The number of carbonyl (C=O) groups is 2. The largest absolute Gasteiger partial charge is 0.476 e. The second-order valence-corrected chi connectivity index (χ2v) is 9.19. The number of anilines is 1. The number of nitrogens with zero attached hydrogens (tertiary/aromatic N) is 5. The first kappa shape index (κ1) is 20.1. The molecule has 0 spiro atoms. The third-order valence-electron chi connectivity index (χ3n) is 4.14. The molecule has 0 aromatic carbocycles. The minimum absolute atomic E-state index is 0.00260. The van der Waals surface area contributed by atoms with E-state index in [2.05, 4.69) is 37.0 Å². The van der Waals surface area contributed by atoms with Gasteiger partial charge in [0.05, 0.1) is 24.5 Å². The predicted molar refractivity (Wildman–Crippen MR) is 112 cm³/mol. The highest BCUT2D eigenvalue weighted by Gasteiger charge is 2.28. The Morgan fingerprint density at radius 2 is 1.89 bits per heavy atom. The Bertz CT molecular complexity index is 874. The summed E-state index contributed by atoms with van der Waals surface area (Å²) in [5.74, 6) is -1.07. The minimum Gasteiger partial charge on any atom is -0.476 e. The molecule has 1 atom stereocenters. The lowest BCUT2D eigenvalue weighted by atomic mass is 10.2. The van der Waals surface area contributed by atoms with Gasteiger partial charge in [0, 0.05) is 31.6 Å². The highest BCUT2D eigenvalue weighted by atomic mass is 127. The van der Waals surface area contributed by atoms with Gasteiger partial charge in [-0.3, -0.25) is 0 Å². The van der Waals surface area contributed by atoms with E-state index < -0.39 is 11.6 Å². The number of hydrogen-bond donors (Lipinski definition) is 1. The van der Waals surface area contributed by atoms with Crippen molar-refractivity contribution in [3.63, 3.8) is 0 Å². The van der Waals surface area contributed by atoms with Crippen LogP contribution in [0.15, 0.2) is 12.4 Å². The highest BCUT2D eigenvalue weighted by Crippen LogP contribution is 2.34. The number of fused-ring (bicyclic) bond motifs is 1. The van der Waals surface area contributed by atoms with Gasteiger partial charge in [-0.15, -0.1) is 0 Å². The molecular weight excluding hydrogens is 484 g/mol. The van der Waals surface area contributed by atoms with E-state index in [9.17, 15) is 14.7 Å². The summed E-state index contributed by atoms with van der Waals surface area (Å²) in [4.78, 5) is 31.7. The van der Waals surface area contributed by atoms with Gasteiger partial charge in [-0.1, -0.05) is 0 Å². The fourth-order valence-electron chi connectivity index (χ4n) is 2.95. The molecule has 2 aromatic rings. The lowest BCUT2D eigenvalue weighted by Crippen LogP contribution is -2.50. The van der Waals surface area contributed by atoms with Crippen molar-refractivity contribution < 1.29 is 19.4 Å². The van der Waals surface area contributed by atoms with Gasteiger partial charge in [0.15, 0.2) is 5.69 Å². The number of carboxylic acids is 1. The second-order valence-electron chi connectivity index (χ2n) is 7.15. The predicted octanol–water partition coefficient (Wildman–Crippen LogP) is 2.98. The number of ether oxygens (including phenoxy) is 1. The summed E-state index contributed by atoms with van der Waals surface area (Å²) in [6, 6.07) is 0. The number of pyridine rings is 1. The number of hydrogen-bond acceptors (Lipinski definition) is 6. The van der Waals surface area contributed by atoms with E-state index in [4.69, 9.17) is 4.74 Å². The van der Waals surface area contributed by atoms with Gasteiger partial charge < -0.3 is 19.6 Å². The first-order chi connectivity index (χ1) is 12.7. The van der Waals surface area contributed by atoms with Gasteiger partial charge in [-0.05, 0) is 42.8 Å². The molecule has 146 valence electrons. The van der Waals surface area contributed by atoms with Gasteiger partial charge in [-0.25, -0.2) is 19.0 Å². The molecule has 1 aliphatic heterocycles. The van der Waals surface area contributed by atoms with Crippen molar-refractivity contribution in [1.29, 1.82) is 0 Å². The molecule has 9 nitrogen and oxygen atoms in total. The van der Waals surface area contributed by atoms with Crippen molar-refractivity contribution in [3.05, 3.63) is 18.1 Å². The maximum atomic E-state index is 12.2. The third-order valence-corrected chi connectivity index (χ3v) is 6.01. The van der Waals surface area contributed by atoms with Crippen LogP contribution in [0.5, 0.6) is 0 Å². The number of rotatable bonds is 3. The Kier molecular flexibility index (Phi) is 5.76. The van der Waals surface area contributed by atoms with E-state index in [1.807, 2.05) is 20.8 Å². The average molecular weight is 505 g/mol. The van der Waals surface area contributed by atoms with Crippen LogP contribution in [0, 0.1) is 0 Å². The molecule has 0 bridgehead atoms. The van der Waals surface area contributed by atoms with Gasteiger partial charge in [-0.2, -0.15) is 5.10 Å². The summed E-state index contributed by atoms with van der Waals surface area (Å²) >= 11 is 2.16. The fraction of sp³-hybridized carbons (Fsp3) is 0.500. The molecule has 1 amide bonds. The molecule has 27 heavy (non-hydrogen) atoms. The standard InChI is InChI=1S/C16H21IN5O4P/c1-16(2,3)26-15(25)21-6-4-20(5-7-21)11-9-18-12(14(23)24)13-10(11)8-19-22(13)27-17/h8-9,27H,4-7H2,1-3H3,(H,23,24). The maximum Gasteiger partial charge on any atom is 0.410 e. The van der Waals surface area contributed by atoms with E-state index in [0.29, 0.717) is 31.7 Å². The van der Waals surface area contributed by atoms with E-state index in [-0.39, 0.29) is 18.2 Å².